The van der Waals surface area contributed by atoms with Crippen molar-refractivity contribution in [2.24, 2.45) is 5.73 Å². The Morgan fingerprint density at radius 3 is 2.62 bits per heavy atom. The van der Waals surface area contributed by atoms with Crippen LogP contribution in [0.15, 0.2) is 52.9 Å². The first-order chi connectivity index (χ1) is 12.4. The predicted octanol–water partition coefficient (Wildman–Crippen LogP) is 2.84. The van der Waals surface area contributed by atoms with Crippen molar-refractivity contribution in [1.29, 1.82) is 0 Å². The number of hydrogen-bond acceptors (Lipinski definition) is 5. The maximum absolute atomic E-state index is 13.5. The Morgan fingerprint density at radius 2 is 1.96 bits per heavy atom. The molecule has 7 heteroatoms. The van der Waals surface area contributed by atoms with Crippen LogP contribution in [0.5, 0.6) is 0 Å². The van der Waals surface area contributed by atoms with E-state index in [4.69, 9.17) is 10.2 Å². The summed E-state index contributed by atoms with van der Waals surface area (Å²) in [5.41, 5.74) is 7.93. The van der Waals surface area contributed by atoms with Crippen molar-refractivity contribution in [1.82, 2.24) is 15.1 Å². The lowest BCUT2D eigenvalue weighted by Crippen LogP contribution is -2.35. The summed E-state index contributed by atoms with van der Waals surface area (Å²) in [7, 11) is 1.69. The number of carbonyl (C=O) groups excluding carboxylic acids is 1. The number of amides is 1. The van der Waals surface area contributed by atoms with Gasteiger partial charge in [-0.3, -0.25) is 9.69 Å². The van der Waals surface area contributed by atoms with E-state index in [2.05, 4.69) is 10.2 Å². The van der Waals surface area contributed by atoms with Crippen molar-refractivity contribution in [3.63, 3.8) is 0 Å². The molecule has 0 spiro atoms. The van der Waals surface area contributed by atoms with E-state index < -0.39 is 17.8 Å². The molecular formula is C19H19FN4O2. The van der Waals surface area contributed by atoms with E-state index in [9.17, 15) is 9.18 Å². The van der Waals surface area contributed by atoms with Gasteiger partial charge in [0.15, 0.2) is 0 Å². The van der Waals surface area contributed by atoms with Gasteiger partial charge in [0.1, 0.15) is 11.9 Å². The highest BCUT2D eigenvalue weighted by atomic mass is 19.1. The van der Waals surface area contributed by atoms with Gasteiger partial charge in [-0.15, -0.1) is 10.2 Å². The quantitative estimate of drug-likeness (QED) is 0.736. The van der Waals surface area contributed by atoms with Crippen LogP contribution in [-0.2, 0) is 11.3 Å². The Kier molecular flexibility index (Phi) is 5.09. The summed E-state index contributed by atoms with van der Waals surface area (Å²) in [6.45, 7) is 2.19. The summed E-state index contributed by atoms with van der Waals surface area (Å²) in [6.07, 6.45) is 0. The normalized spacial score (nSPS) is 12.3. The Bertz CT molecular complexity index is 908. The van der Waals surface area contributed by atoms with Gasteiger partial charge in [-0.05, 0) is 43.8 Å². The smallest absolute Gasteiger partial charge is 0.247 e. The summed E-state index contributed by atoms with van der Waals surface area (Å²) >= 11 is 0. The third-order valence-electron chi connectivity index (χ3n) is 4.02. The van der Waals surface area contributed by atoms with Crippen molar-refractivity contribution in [3.05, 3.63) is 71.4 Å². The SMILES string of the molecule is Cc1ccc(-c2nnc(CN(C)C(C(N)=O)c3cccc(F)c3)o2)cc1. The molecule has 1 unspecified atom stereocenters. The maximum Gasteiger partial charge on any atom is 0.247 e. The highest BCUT2D eigenvalue weighted by Crippen LogP contribution is 2.23. The van der Waals surface area contributed by atoms with Crippen LogP contribution in [0.1, 0.15) is 23.1 Å². The number of rotatable bonds is 6. The zero-order valence-corrected chi connectivity index (χ0v) is 14.5. The molecule has 0 bridgehead atoms. The van der Waals surface area contributed by atoms with Gasteiger partial charge < -0.3 is 10.2 Å². The molecule has 26 heavy (non-hydrogen) atoms. The molecule has 0 radical (unpaired) electrons. The first-order valence-corrected chi connectivity index (χ1v) is 8.08. The average molecular weight is 354 g/mol. The molecule has 0 aliphatic heterocycles. The molecule has 2 aromatic carbocycles. The molecular weight excluding hydrogens is 335 g/mol. The maximum atomic E-state index is 13.5. The minimum Gasteiger partial charge on any atom is -0.419 e. The summed E-state index contributed by atoms with van der Waals surface area (Å²) in [5.74, 6) is -0.279. The second-order valence-corrected chi connectivity index (χ2v) is 6.14. The molecule has 3 rings (SSSR count). The van der Waals surface area contributed by atoms with Gasteiger partial charge in [0.25, 0.3) is 0 Å². The van der Waals surface area contributed by atoms with Gasteiger partial charge in [-0.2, -0.15) is 0 Å². The first-order valence-electron chi connectivity index (χ1n) is 8.08. The molecule has 1 aromatic heterocycles. The van der Waals surface area contributed by atoms with Crippen LogP contribution < -0.4 is 5.73 Å². The Hall–Kier alpha value is -3.06. The molecule has 2 N–H and O–H groups in total. The first kappa shape index (κ1) is 17.8. The molecule has 6 nitrogen and oxygen atoms in total. The second-order valence-electron chi connectivity index (χ2n) is 6.14. The topological polar surface area (TPSA) is 85.3 Å². The van der Waals surface area contributed by atoms with Crippen molar-refractivity contribution < 1.29 is 13.6 Å². The van der Waals surface area contributed by atoms with Crippen LogP contribution >= 0.6 is 0 Å². The number of benzene rings is 2. The minimum atomic E-state index is -0.805. The number of likely N-dealkylation sites (N-methyl/N-ethyl adjacent to an activating group) is 1. The van der Waals surface area contributed by atoms with E-state index in [1.807, 2.05) is 31.2 Å². The van der Waals surface area contributed by atoms with Crippen molar-refractivity contribution >= 4 is 5.91 Å². The van der Waals surface area contributed by atoms with Crippen LogP contribution in [0.3, 0.4) is 0 Å². The molecule has 1 heterocycles. The zero-order chi connectivity index (χ0) is 18.7. The van der Waals surface area contributed by atoms with E-state index in [-0.39, 0.29) is 6.54 Å². The number of aromatic nitrogens is 2. The van der Waals surface area contributed by atoms with E-state index in [0.29, 0.717) is 17.3 Å². The van der Waals surface area contributed by atoms with Crippen LogP contribution in [0.4, 0.5) is 4.39 Å². The summed E-state index contributed by atoms with van der Waals surface area (Å²) in [5, 5.41) is 8.06. The van der Waals surface area contributed by atoms with Gasteiger partial charge >= 0.3 is 0 Å². The number of nitrogens with two attached hydrogens (primary N) is 1. The van der Waals surface area contributed by atoms with Crippen LogP contribution in [-0.4, -0.2) is 28.1 Å². The van der Waals surface area contributed by atoms with Crippen molar-refractivity contribution in [2.45, 2.75) is 19.5 Å². The average Bonchev–Trinajstić information content (AvgIpc) is 3.03. The summed E-state index contributed by atoms with van der Waals surface area (Å²) < 4.78 is 19.2. The molecule has 0 fully saturated rings. The number of aryl methyl sites for hydroxylation is 1. The van der Waals surface area contributed by atoms with Crippen LogP contribution in [0.2, 0.25) is 0 Å². The fraction of sp³-hybridized carbons (Fsp3) is 0.211. The lowest BCUT2D eigenvalue weighted by atomic mass is 10.1. The Balaban J connectivity index is 1.79. The number of carbonyl (C=O) groups is 1. The molecule has 134 valence electrons. The van der Waals surface area contributed by atoms with E-state index >= 15 is 0 Å². The number of nitrogens with zero attached hydrogens (tertiary/aromatic N) is 3. The standard InChI is InChI=1S/C19H19FN4O2/c1-12-6-8-13(9-7-12)19-23-22-16(26-19)11-24(2)17(18(21)25)14-4-3-5-15(20)10-14/h3-10,17H,11H2,1-2H3,(H2,21,25). The molecule has 1 amide bonds. The summed E-state index contributed by atoms with van der Waals surface area (Å²) in [4.78, 5) is 13.5. The largest absolute Gasteiger partial charge is 0.419 e. The highest BCUT2D eigenvalue weighted by molar-refractivity contribution is 5.81. The lowest BCUT2D eigenvalue weighted by Gasteiger charge is -2.24. The van der Waals surface area contributed by atoms with Gasteiger partial charge in [0, 0.05) is 5.56 Å². The van der Waals surface area contributed by atoms with Crippen LogP contribution in [0, 0.1) is 12.7 Å². The van der Waals surface area contributed by atoms with Gasteiger partial charge in [-0.1, -0.05) is 29.8 Å². The van der Waals surface area contributed by atoms with Gasteiger partial charge in [0.2, 0.25) is 17.7 Å². The summed E-state index contributed by atoms with van der Waals surface area (Å²) in [6, 6.07) is 12.7. The van der Waals surface area contributed by atoms with Crippen molar-refractivity contribution in [3.8, 4) is 11.5 Å². The predicted molar refractivity (Wildman–Crippen MR) is 94.3 cm³/mol. The van der Waals surface area contributed by atoms with Crippen LogP contribution in [0.25, 0.3) is 11.5 Å². The minimum absolute atomic E-state index is 0.197. The van der Waals surface area contributed by atoms with E-state index in [0.717, 1.165) is 11.1 Å². The number of halogens is 1. The molecule has 1 atom stereocenters. The lowest BCUT2D eigenvalue weighted by molar-refractivity contribution is -0.123. The zero-order valence-electron chi connectivity index (χ0n) is 14.5. The Labute approximate surface area is 150 Å². The monoisotopic (exact) mass is 354 g/mol. The molecule has 0 aliphatic carbocycles. The van der Waals surface area contributed by atoms with E-state index in [1.54, 1.807) is 18.0 Å². The molecule has 3 aromatic rings. The fourth-order valence-electron chi connectivity index (χ4n) is 2.75. The molecule has 0 saturated heterocycles. The second kappa shape index (κ2) is 7.45. The fourth-order valence-corrected chi connectivity index (χ4v) is 2.75. The third-order valence-corrected chi connectivity index (χ3v) is 4.02. The van der Waals surface area contributed by atoms with Gasteiger partial charge in [-0.25, -0.2) is 4.39 Å². The molecule has 0 saturated carbocycles. The number of hydrogen-bond donors (Lipinski definition) is 1. The van der Waals surface area contributed by atoms with E-state index in [1.165, 1.54) is 18.2 Å². The Morgan fingerprint density at radius 1 is 1.23 bits per heavy atom. The van der Waals surface area contributed by atoms with Crippen molar-refractivity contribution in [2.75, 3.05) is 7.05 Å². The number of primary amides is 1. The highest BCUT2D eigenvalue weighted by Gasteiger charge is 2.25. The van der Waals surface area contributed by atoms with Gasteiger partial charge in [0.05, 0.1) is 6.54 Å². The molecule has 0 aliphatic rings. The third kappa shape index (κ3) is 3.94.